The fourth-order valence-corrected chi connectivity index (χ4v) is 2.53. The summed E-state index contributed by atoms with van der Waals surface area (Å²) in [6, 6.07) is 7.69. The first-order chi connectivity index (χ1) is 9.92. The minimum atomic E-state index is -0.338. The van der Waals surface area contributed by atoms with Gasteiger partial charge in [-0.05, 0) is 50.1 Å². The molecule has 0 unspecified atom stereocenters. The van der Waals surface area contributed by atoms with Crippen molar-refractivity contribution in [3.63, 3.8) is 0 Å². The highest BCUT2D eigenvalue weighted by Crippen LogP contribution is 2.27. The molecule has 0 saturated carbocycles. The lowest BCUT2D eigenvalue weighted by Crippen LogP contribution is -2.33. The molecule has 3 N–H and O–H groups in total. The van der Waals surface area contributed by atoms with Crippen LogP contribution in [0.25, 0.3) is 0 Å². The van der Waals surface area contributed by atoms with Crippen LogP contribution in [0.4, 0.5) is 10.5 Å². The first-order valence-corrected chi connectivity index (χ1v) is 8.56. The summed E-state index contributed by atoms with van der Waals surface area (Å²) < 4.78 is 0. The number of hydrogen-bond donors (Lipinski definition) is 3. The van der Waals surface area contributed by atoms with Gasteiger partial charge in [-0.15, -0.1) is 0 Å². The van der Waals surface area contributed by atoms with Gasteiger partial charge in [0.15, 0.2) is 0 Å². The molecule has 2 amide bonds. The number of urea groups is 1. The SMILES string of the molecule is CS[C@H](C)c1cccc(NC(=O)NC[C@@H](C)C[C@@H](C)O)c1. The number of hydrogen-bond acceptors (Lipinski definition) is 3. The molecule has 0 aliphatic heterocycles. The predicted octanol–water partition coefficient (Wildman–Crippen LogP) is 3.64. The molecular formula is C16H26N2O2S. The predicted molar refractivity (Wildman–Crippen MR) is 90.9 cm³/mol. The van der Waals surface area contributed by atoms with Crippen LogP contribution in [0.3, 0.4) is 0 Å². The smallest absolute Gasteiger partial charge is 0.319 e. The molecule has 0 aromatic heterocycles. The molecular weight excluding hydrogens is 284 g/mol. The van der Waals surface area contributed by atoms with Crippen LogP contribution < -0.4 is 10.6 Å². The van der Waals surface area contributed by atoms with Crippen LogP contribution >= 0.6 is 11.8 Å². The molecule has 0 aliphatic carbocycles. The number of amides is 2. The van der Waals surface area contributed by atoms with Crippen LogP contribution in [-0.4, -0.2) is 30.0 Å². The zero-order chi connectivity index (χ0) is 15.8. The van der Waals surface area contributed by atoms with Gasteiger partial charge in [0.05, 0.1) is 6.10 Å². The zero-order valence-electron chi connectivity index (χ0n) is 13.2. The van der Waals surface area contributed by atoms with Gasteiger partial charge in [0.2, 0.25) is 0 Å². The van der Waals surface area contributed by atoms with E-state index in [2.05, 4.69) is 29.9 Å². The van der Waals surface area contributed by atoms with Crippen LogP contribution in [0.15, 0.2) is 24.3 Å². The van der Waals surface area contributed by atoms with Gasteiger partial charge in [0.25, 0.3) is 0 Å². The topological polar surface area (TPSA) is 61.4 Å². The van der Waals surface area contributed by atoms with E-state index in [0.717, 1.165) is 5.69 Å². The summed E-state index contributed by atoms with van der Waals surface area (Å²) in [6.07, 6.45) is 2.41. The zero-order valence-corrected chi connectivity index (χ0v) is 14.0. The highest BCUT2D eigenvalue weighted by atomic mass is 32.2. The molecule has 5 heteroatoms. The maximum absolute atomic E-state index is 11.9. The van der Waals surface area contributed by atoms with Gasteiger partial charge in [0, 0.05) is 17.5 Å². The lowest BCUT2D eigenvalue weighted by atomic mass is 10.1. The van der Waals surface area contributed by atoms with E-state index in [1.165, 1.54) is 5.56 Å². The van der Waals surface area contributed by atoms with Gasteiger partial charge in [-0.2, -0.15) is 11.8 Å². The second-order valence-corrected chi connectivity index (χ2v) is 6.71. The fourth-order valence-electron chi connectivity index (χ4n) is 2.11. The van der Waals surface area contributed by atoms with E-state index in [1.54, 1.807) is 18.7 Å². The standard InChI is InChI=1S/C16H26N2O2S/c1-11(8-12(2)19)10-17-16(20)18-15-7-5-6-14(9-15)13(3)21-4/h5-7,9,11-13,19H,8,10H2,1-4H3,(H2,17,18,20)/t11-,12+,13+/m0/s1. The number of aliphatic hydroxyl groups excluding tert-OH is 1. The summed E-state index contributed by atoms with van der Waals surface area (Å²) in [6.45, 7) is 6.46. The Morgan fingerprint density at radius 1 is 1.33 bits per heavy atom. The van der Waals surface area contributed by atoms with E-state index < -0.39 is 0 Å². The molecule has 0 saturated heterocycles. The van der Waals surface area contributed by atoms with Crippen molar-refractivity contribution in [2.24, 2.45) is 5.92 Å². The normalized spacial score (nSPS) is 15.1. The maximum Gasteiger partial charge on any atom is 0.319 e. The lowest BCUT2D eigenvalue weighted by molar-refractivity contribution is 0.163. The monoisotopic (exact) mass is 310 g/mol. The summed E-state index contributed by atoms with van der Waals surface area (Å²) >= 11 is 1.77. The van der Waals surface area contributed by atoms with Gasteiger partial charge in [-0.25, -0.2) is 4.79 Å². The van der Waals surface area contributed by atoms with Crippen LogP contribution in [0.5, 0.6) is 0 Å². The van der Waals surface area contributed by atoms with Crippen molar-refractivity contribution in [1.82, 2.24) is 5.32 Å². The van der Waals surface area contributed by atoms with Crippen molar-refractivity contribution in [1.29, 1.82) is 0 Å². The third-order valence-electron chi connectivity index (χ3n) is 3.32. The Balaban J connectivity index is 2.48. The lowest BCUT2D eigenvalue weighted by Gasteiger charge is -2.15. The highest BCUT2D eigenvalue weighted by molar-refractivity contribution is 7.98. The van der Waals surface area contributed by atoms with Crippen LogP contribution in [0.1, 0.15) is 38.0 Å². The largest absolute Gasteiger partial charge is 0.393 e. The fraction of sp³-hybridized carbons (Fsp3) is 0.562. The number of carbonyl (C=O) groups excluding carboxylic acids is 1. The average Bonchev–Trinajstić information content (AvgIpc) is 2.44. The molecule has 21 heavy (non-hydrogen) atoms. The van der Waals surface area contributed by atoms with Crippen LogP contribution in [-0.2, 0) is 0 Å². The van der Waals surface area contributed by atoms with Crippen molar-refractivity contribution in [3.8, 4) is 0 Å². The number of benzene rings is 1. The van der Waals surface area contributed by atoms with E-state index >= 15 is 0 Å². The molecule has 0 bridgehead atoms. The third kappa shape index (κ3) is 6.87. The van der Waals surface area contributed by atoms with Crippen molar-refractivity contribution in [2.45, 2.75) is 38.5 Å². The van der Waals surface area contributed by atoms with Gasteiger partial charge in [0.1, 0.15) is 0 Å². The van der Waals surface area contributed by atoms with Gasteiger partial charge in [-0.1, -0.05) is 19.1 Å². The molecule has 1 rings (SSSR count). The Kier molecular flexibility index (Phi) is 7.61. The van der Waals surface area contributed by atoms with Gasteiger partial charge < -0.3 is 15.7 Å². The van der Waals surface area contributed by atoms with Gasteiger partial charge in [-0.3, -0.25) is 0 Å². The number of carbonyl (C=O) groups is 1. The van der Waals surface area contributed by atoms with E-state index in [9.17, 15) is 9.90 Å². The summed E-state index contributed by atoms with van der Waals surface area (Å²) in [7, 11) is 0. The molecule has 3 atom stereocenters. The molecule has 1 aromatic carbocycles. The van der Waals surface area contributed by atoms with Crippen LogP contribution in [0, 0.1) is 5.92 Å². The second kappa shape index (κ2) is 8.95. The average molecular weight is 310 g/mol. The van der Waals surface area contributed by atoms with E-state index in [1.807, 2.05) is 25.1 Å². The highest BCUT2D eigenvalue weighted by Gasteiger charge is 2.09. The van der Waals surface area contributed by atoms with E-state index in [4.69, 9.17) is 0 Å². The van der Waals surface area contributed by atoms with Crippen molar-refractivity contribution in [2.75, 3.05) is 18.1 Å². The minimum absolute atomic E-state index is 0.207. The first kappa shape index (κ1) is 17.9. The molecule has 0 aliphatic rings. The molecule has 1 aromatic rings. The Labute approximate surface area is 131 Å². The molecule has 0 fully saturated rings. The number of aliphatic hydroxyl groups is 1. The number of nitrogens with one attached hydrogen (secondary N) is 2. The molecule has 0 spiro atoms. The summed E-state index contributed by atoms with van der Waals surface area (Å²) in [4.78, 5) is 11.9. The number of anilines is 1. The van der Waals surface area contributed by atoms with Crippen LogP contribution in [0.2, 0.25) is 0 Å². The van der Waals surface area contributed by atoms with Crippen molar-refractivity contribution < 1.29 is 9.90 Å². The maximum atomic E-state index is 11.9. The van der Waals surface area contributed by atoms with E-state index in [-0.39, 0.29) is 18.1 Å². The summed E-state index contributed by atoms with van der Waals surface area (Å²) in [5.74, 6) is 0.249. The van der Waals surface area contributed by atoms with Gasteiger partial charge >= 0.3 is 6.03 Å². The molecule has 0 radical (unpaired) electrons. The Hall–Kier alpha value is -1.20. The summed E-state index contributed by atoms with van der Waals surface area (Å²) in [5, 5.41) is 15.4. The number of rotatable bonds is 7. The third-order valence-corrected chi connectivity index (χ3v) is 4.30. The Morgan fingerprint density at radius 3 is 2.67 bits per heavy atom. The quantitative estimate of drug-likeness (QED) is 0.720. The second-order valence-electron chi connectivity index (χ2n) is 5.53. The Bertz CT molecular complexity index is 452. The Morgan fingerprint density at radius 2 is 2.05 bits per heavy atom. The van der Waals surface area contributed by atoms with Crippen molar-refractivity contribution in [3.05, 3.63) is 29.8 Å². The molecule has 118 valence electrons. The molecule has 4 nitrogen and oxygen atoms in total. The van der Waals surface area contributed by atoms with E-state index in [0.29, 0.717) is 18.2 Å². The molecule has 0 heterocycles. The first-order valence-electron chi connectivity index (χ1n) is 7.28. The minimum Gasteiger partial charge on any atom is -0.393 e. The number of thioether (sulfide) groups is 1. The van der Waals surface area contributed by atoms with Crippen molar-refractivity contribution >= 4 is 23.5 Å². The summed E-state index contributed by atoms with van der Waals surface area (Å²) in [5.41, 5.74) is 2.00.